The van der Waals surface area contributed by atoms with Crippen molar-refractivity contribution in [3.8, 4) is 0 Å². The van der Waals surface area contributed by atoms with E-state index in [1.54, 1.807) is 6.08 Å². The lowest BCUT2D eigenvalue weighted by molar-refractivity contribution is -0.115. The second kappa shape index (κ2) is 3.55. The molecule has 0 amide bonds. The first-order valence-corrected chi connectivity index (χ1v) is 3.98. The van der Waals surface area contributed by atoms with Gasteiger partial charge in [0.15, 0.2) is 5.78 Å². The lowest BCUT2D eigenvalue weighted by atomic mass is 9.95. The molecule has 0 bridgehead atoms. The van der Waals surface area contributed by atoms with Crippen LogP contribution in [-0.4, -0.2) is 5.78 Å². The molecule has 0 aliphatic heterocycles. The van der Waals surface area contributed by atoms with Crippen LogP contribution in [-0.2, 0) is 4.79 Å². The van der Waals surface area contributed by atoms with E-state index in [9.17, 15) is 4.79 Å². The summed E-state index contributed by atoms with van der Waals surface area (Å²) in [5.74, 6) is 0.893. The Morgan fingerprint density at radius 1 is 1.60 bits per heavy atom. The number of hydrogen-bond acceptors (Lipinski definition) is 1. The average Bonchev–Trinajstić information content (AvgIpc) is 1.83. The molecule has 1 nitrogen and oxygen atoms in total. The van der Waals surface area contributed by atoms with Gasteiger partial charge in [0, 0.05) is 6.42 Å². The largest absolute Gasteiger partial charge is 0.295 e. The molecule has 0 fully saturated rings. The molecule has 1 aliphatic carbocycles. The van der Waals surface area contributed by atoms with E-state index in [-0.39, 0.29) is 0 Å². The van der Waals surface area contributed by atoms with E-state index in [4.69, 9.17) is 0 Å². The molecule has 1 heteroatoms. The van der Waals surface area contributed by atoms with Crippen molar-refractivity contribution < 1.29 is 4.79 Å². The van der Waals surface area contributed by atoms with Crippen LogP contribution in [0.15, 0.2) is 12.2 Å². The molecule has 0 unspecified atom stereocenters. The van der Waals surface area contributed by atoms with Gasteiger partial charge in [-0.3, -0.25) is 4.79 Å². The van der Waals surface area contributed by atoms with Crippen LogP contribution in [0.5, 0.6) is 0 Å². The molecule has 1 atom stereocenters. The summed E-state index contributed by atoms with van der Waals surface area (Å²) in [4.78, 5) is 11.0. The van der Waals surface area contributed by atoms with Crippen LogP contribution in [0.2, 0.25) is 0 Å². The topological polar surface area (TPSA) is 17.1 Å². The number of allylic oxidation sites excluding steroid dienone is 2. The van der Waals surface area contributed by atoms with Crippen molar-refractivity contribution in [1.29, 1.82) is 0 Å². The molecule has 0 heterocycles. The lowest BCUT2D eigenvalue weighted by Gasteiger charge is -2.09. The van der Waals surface area contributed by atoms with E-state index in [1.807, 2.05) is 6.08 Å². The highest BCUT2D eigenvalue weighted by atomic mass is 16.1. The molecule has 0 saturated carbocycles. The third kappa shape index (κ3) is 2.34. The summed E-state index contributed by atoms with van der Waals surface area (Å²) in [7, 11) is 0. The van der Waals surface area contributed by atoms with Gasteiger partial charge in [-0.25, -0.2) is 0 Å². The molecule has 0 spiro atoms. The van der Waals surface area contributed by atoms with E-state index < -0.39 is 0 Å². The van der Waals surface area contributed by atoms with E-state index >= 15 is 0 Å². The molecule has 10 heavy (non-hydrogen) atoms. The standard InChI is InChI=1S/C9H14O/c1-8-5-3-2-4-6-9(10)7-8/h4,6,8H,2-3,5,7H2,1H3/b6-4-/t8-/m1/s1. The molecule has 0 N–H and O–H groups in total. The fourth-order valence-corrected chi connectivity index (χ4v) is 1.31. The maximum absolute atomic E-state index is 11.0. The van der Waals surface area contributed by atoms with E-state index in [1.165, 1.54) is 12.8 Å². The van der Waals surface area contributed by atoms with Gasteiger partial charge in [0.05, 0.1) is 0 Å². The van der Waals surface area contributed by atoms with Crippen LogP contribution in [0.3, 0.4) is 0 Å². The minimum Gasteiger partial charge on any atom is -0.295 e. The number of carbonyl (C=O) groups excluding carboxylic acids is 1. The fourth-order valence-electron chi connectivity index (χ4n) is 1.31. The summed E-state index contributed by atoms with van der Waals surface area (Å²) < 4.78 is 0. The maximum Gasteiger partial charge on any atom is 0.155 e. The summed E-state index contributed by atoms with van der Waals surface area (Å²) in [6.07, 6.45) is 8.00. The third-order valence-corrected chi connectivity index (χ3v) is 1.92. The van der Waals surface area contributed by atoms with Gasteiger partial charge >= 0.3 is 0 Å². The van der Waals surface area contributed by atoms with Crippen LogP contribution in [0.4, 0.5) is 0 Å². The summed E-state index contributed by atoms with van der Waals surface area (Å²) >= 11 is 0. The Balaban J connectivity index is 2.48. The minimum atomic E-state index is 0.298. The van der Waals surface area contributed by atoms with E-state index in [0.29, 0.717) is 11.7 Å². The minimum absolute atomic E-state index is 0.298. The van der Waals surface area contributed by atoms with Gasteiger partial charge in [0.2, 0.25) is 0 Å². The maximum atomic E-state index is 11.0. The van der Waals surface area contributed by atoms with Gasteiger partial charge in [-0.05, 0) is 31.3 Å². The zero-order chi connectivity index (χ0) is 7.40. The molecular weight excluding hydrogens is 124 g/mol. The highest BCUT2D eigenvalue weighted by Gasteiger charge is 2.07. The lowest BCUT2D eigenvalue weighted by Crippen LogP contribution is -2.04. The highest BCUT2D eigenvalue weighted by Crippen LogP contribution is 2.15. The zero-order valence-electron chi connectivity index (χ0n) is 6.47. The van der Waals surface area contributed by atoms with Gasteiger partial charge in [-0.15, -0.1) is 0 Å². The van der Waals surface area contributed by atoms with E-state index in [0.717, 1.165) is 12.8 Å². The van der Waals surface area contributed by atoms with Crippen LogP contribution in [0.25, 0.3) is 0 Å². The quantitative estimate of drug-likeness (QED) is 0.502. The monoisotopic (exact) mass is 138 g/mol. The predicted octanol–water partition coefficient (Wildman–Crippen LogP) is 2.32. The number of ketones is 1. The molecule has 0 aromatic carbocycles. The normalized spacial score (nSPS) is 30.9. The number of rotatable bonds is 0. The number of hydrogen-bond donors (Lipinski definition) is 0. The summed E-state index contributed by atoms with van der Waals surface area (Å²) in [5, 5.41) is 0. The van der Waals surface area contributed by atoms with Crippen molar-refractivity contribution in [3.63, 3.8) is 0 Å². The van der Waals surface area contributed by atoms with Gasteiger partial charge in [-0.1, -0.05) is 13.0 Å². The Bertz CT molecular complexity index is 147. The summed E-state index contributed by atoms with van der Waals surface area (Å²) in [5.41, 5.74) is 0. The van der Waals surface area contributed by atoms with Crippen LogP contribution >= 0.6 is 0 Å². The molecule has 0 radical (unpaired) electrons. The Kier molecular flexibility index (Phi) is 2.67. The van der Waals surface area contributed by atoms with Gasteiger partial charge < -0.3 is 0 Å². The molecule has 0 saturated heterocycles. The average molecular weight is 138 g/mol. The van der Waals surface area contributed by atoms with Gasteiger partial charge in [0.25, 0.3) is 0 Å². The molecule has 0 aromatic heterocycles. The van der Waals surface area contributed by atoms with Crippen molar-refractivity contribution in [2.75, 3.05) is 0 Å². The molecular formula is C9H14O. The van der Waals surface area contributed by atoms with Crippen molar-refractivity contribution in [2.45, 2.75) is 32.6 Å². The van der Waals surface area contributed by atoms with Crippen molar-refractivity contribution in [1.82, 2.24) is 0 Å². The van der Waals surface area contributed by atoms with Crippen molar-refractivity contribution >= 4 is 5.78 Å². The molecule has 1 aliphatic rings. The van der Waals surface area contributed by atoms with Crippen molar-refractivity contribution in [3.05, 3.63) is 12.2 Å². The molecule has 0 aromatic rings. The fraction of sp³-hybridized carbons (Fsp3) is 0.667. The Morgan fingerprint density at radius 2 is 2.40 bits per heavy atom. The Labute approximate surface area is 62.1 Å². The first-order valence-electron chi connectivity index (χ1n) is 3.98. The number of carbonyl (C=O) groups is 1. The van der Waals surface area contributed by atoms with Crippen LogP contribution in [0.1, 0.15) is 32.6 Å². The Hall–Kier alpha value is -0.590. The second-order valence-corrected chi connectivity index (χ2v) is 3.11. The van der Waals surface area contributed by atoms with Gasteiger partial charge in [-0.2, -0.15) is 0 Å². The van der Waals surface area contributed by atoms with Gasteiger partial charge in [0.1, 0.15) is 0 Å². The molecule has 56 valence electrons. The predicted molar refractivity (Wildman–Crippen MR) is 41.8 cm³/mol. The Morgan fingerprint density at radius 3 is 3.20 bits per heavy atom. The second-order valence-electron chi connectivity index (χ2n) is 3.11. The van der Waals surface area contributed by atoms with Crippen molar-refractivity contribution in [2.24, 2.45) is 5.92 Å². The van der Waals surface area contributed by atoms with Crippen LogP contribution in [0, 0.1) is 5.92 Å². The van der Waals surface area contributed by atoms with Crippen LogP contribution < -0.4 is 0 Å². The molecule has 1 rings (SSSR count). The first kappa shape index (κ1) is 7.52. The summed E-state index contributed by atoms with van der Waals surface area (Å²) in [6.45, 7) is 2.15. The highest BCUT2D eigenvalue weighted by molar-refractivity contribution is 5.89. The SMILES string of the molecule is C[C@@H]1CCC/C=C\C(=O)C1. The van der Waals surface area contributed by atoms with E-state index in [2.05, 4.69) is 6.92 Å². The summed E-state index contributed by atoms with van der Waals surface area (Å²) in [6, 6.07) is 0. The zero-order valence-corrected chi connectivity index (χ0v) is 6.47. The third-order valence-electron chi connectivity index (χ3n) is 1.92. The first-order chi connectivity index (χ1) is 4.79. The smallest absolute Gasteiger partial charge is 0.155 e.